The lowest BCUT2D eigenvalue weighted by atomic mass is 10.1. The normalized spacial score (nSPS) is 10.1. The van der Waals surface area contributed by atoms with Gasteiger partial charge in [-0.05, 0) is 48.5 Å². The van der Waals surface area contributed by atoms with E-state index in [-0.39, 0.29) is 33.9 Å². The number of nitro groups is 1. The van der Waals surface area contributed by atoms with Crippen LogP contribution in [0.5, 0.6) is 11.5 Å². The first-order valence-corrected chi connectivity index (χ1v) is 10.3. The number of benzene rings is 3. The van der Waals surface area contributed by atoms with Crippen LogP contribution in [0.25, 0.3) is 0 Å². The van der Waals surface area contributed by atoms with Crippen LogP contribution in [-0.4, -0.2) is 35.7 Å². The Bertz CT molecular complexity index is 1340. The third-order valence-electron chi connectivity index (χ3n) is 4.69. The van der Waals surface area contributed by atoms with Crippen LogP contribution < -0.4 is 25.6 Å². The molecule has 0 radical (unpaired) electrons. The number of amides is 3. The molecule has 0 aliphatic carbocycles. The summed E-state index contributed by atoms with van der Waals surface area (Å²) >= 11 is 0. The van der Waals surface area contributed by atoms with E-state index in [2.05, 4.69) is 16.2 Å². The highest BCUT2D eigenvalue weighted by Crippen LogP contribution is 2.28. The van der Waals surface area contributed by atoms with Crippen LogP contribution >= 0.6 is 0 Å². The van der Waals surface area contributed by atoms with Crippen molar-refractivity contribution < 1.29 is 33.6 Å². The van der Waals surface area contributed by atoms with Gasteiger partial charge in [-0.3, -0.25) is 40.1 Å². The molecule has 3 N–H and O–H groups in total. The van der Waals surface area contributed by atoms with E-state index in [1.165, 1.54) is 74.7 Å². The summed E-state index contributed by atoms with van der Waals surface area (Å²) < 4.78 is 10.1. The minimum Gasteiger partial charge on any atom is -0.493 e. The highest BCUT2D eigenvalue weighted by molar-refractivity contribution is 6.05. The quantitative estimate of drug-likeness (QED) is 0.196. The van der Waals surface area contributed by atoms with Gasteiger partial charge in [0.1, 0.15) is 0 Å². The van der Waals surface area contributed by atoms with Crippen LogP contribution in [0, 0.1) is 10.1 Å². The monoisotopic (exact) mass is 492 g/mol. The zero-order valence-electron chi connectivity index (χ0n) is 19.1. The lowest BCUT2D eigenvalue weighted by molar-refractivity contribution is -0.384. The van der Waals surface area contributed by atoms with Gasteiger partial charge in [0.15, 0.2) is 11.5 Å². The van der Waals surface area contributed by atoms with E-state index in [0.717, 1.165) is 0 Å². The Balaban J connectivity index is 1.62. The van der Waals surface area contributed by atoms with Gasteiger partial charge in [-0.1, -0.05) is 6.07 Å². The molecule has 3 amide bonds. The summed E-state index contributed by atoms with van der Waals surface area (Å²) in [5, 5.41) is 13.3. The number of non-ortho nitro benzene ring substituents is 1. The summed E-state index contributed by atoms with van der Waals surface area (Å²) in [4.78, 5) is 58.7. The first kappa shape index (κ1) is 25.4. The van der Waals surface area contributed by atoms with Crippen molar-refractivity contribution in [2.75, 3.05) is 12.4 Å². The van der Waals surface area contributed by atoms with Crippen LogP contribution in [0.1, 0.15) is 38.0 Å². The molecule has 0 bridgehead atoms. The first-order valence-electron chi connectivity index (χ1n) is 10.3. The predicted molar refractivity (Wildman–Crippen MR) is 127 cm³/mol. The van der Waals surface area contributed by atoms with Crippen LogP contribution in [0.3, 0.4) is 0 Å². The van der Waals surface area contributed by atoms with Gasteiger partial charge in [-0.25, -0.2) is 0 Å². The van der Waals surface area contributed by atoms with Crippen molar-refractivity contribution in [2.45, 2.75) is 6.92 Å². The summed E-state index contributed by atoms with van der Waals surface area (Å²) in [6.07, 6.45) is 0. The van der Waals surface area contributed by atoms with Crippen molar-refractivity contribution in [2.24, 2.45) is 0 Å². The second-order valence-electron chi connectivity index (χ2n) is 7.21. The molecule has 0 heterocycles. The van der Waals surface area contributed by atoms with Crippen molar-refractivity contribution in [3.63, 3.8) is 0 Å². The van der Waals surface area contributed by atoms with Crippen molar-refractivity contribution in [3.05, 3.63) is 93.5 Å². The number of rotatable bonds is 7. The summed E-state index contributed by atoms with van der Waals surface area (Å²) in [5.41, 5.74) is 5.14. The molecule has 3 aromatic carbocycles. The highest BCUT2D eigenvalue weighted by Gasteiger charge is 2.15. The molecule has 12 heteroatoms. The lowest BCUT2D eigenvalue weighted by Crippen LogP contribution is -2.41. The van der Waals surface area contributed by atoms with Crippen molar-refractivity contribution in [3.8, 4) is 11.5 Å². The van der Waals surface area contributed by atoms with Gasteiger partial charge in [-0.2, -0.15) is 0 Å². The number of nitrogens with zero attached hydrogens (tertiary/aromatic N) is 1. The van der Waals surface area contributed by atoms with E-state index in [1.54, 1.807) is 6.07 Å². The number of anilines is 1. The highest BCUT2D eigenvalue weighted by atomic mass is 16.6. The molecular formula is C24H20N4O8. The molecule has 0 atom stereocenters. The number of nitrogens with one attached hydrogen (secondary N) is 3. The maximum absolute atomic E-state index is 12.5. The van der Waals surface area contributed by atoms with Crippen LogP contribution in [0.4, 0.5) is 11.4 Å². The van der Waals surface area contributed by atoms with Gasteiger partial charge < -0.3 is 14.8 Å². The minimum atomic E-state index is -0.654. The zero-order chi connectivity index (χ0) is 26.2. The molecule has 184 valence electrons. The van der Waals surface area contributed by atoms with E-state index in [4.69, 9.17) is 9.47 Å². The number of carbonyl (C=O) groups is 4. The van der Waals surface area contributed by atoms with Gasteiger partial charge in [0.05, 0.1) is 12.0 Å². The second kappa shape index (κ2) is 11.2. The standard InChI is InChI=1S/C24H20N4O8/c1-14(29)36-20-11-8-17(13-21(20)35-2)24(32)27-26-23(31)16-4-3-5-18(12-16)25-22(30)15-6-9-19(10-7-15)28(33)34/h3-13H,1-2H3,(H,25,30)(H,26,31)(H,27,32). The lowest BCUT2D eigenvalue weighted by Gasteiger charge is -2.11. The fraction of sp³-hybridized carbons (Fsp3) is 0.0833. The molecule has 0 aliphatic rings. The Morgan fingerprint density at radius 2 is 1.39 bits per heavy atom. The molecule has 0 unspecified atom stereocenters. The van der Waals surface area contributed by atoms with E-state index in [9.17, 15) is 29.3 Å². The number of methoxy groups -OCH3 is 1. The van der Waals surface area contributed by atoms with Crippen molar-refractivity contribution in [1.82, 2.24) is 10.9 Å². The number of ether oxygens (including phenoxy) is 2. The number of nitro benzene ring substituents is 1. The third kappa shape index (κ3) is 6.41. The summed E-state index contributed by atoms with van der Waals surface area (Å²) in [7, 11) is 1.35. The molecule has 0 fully saturated rings. The largest absolute Gasteiger partial charge is 0.493 e. The van der Waals surface area contributed by atoms with Crippen LogP contribution in [0.2, 0.25) is 0 Å². The molecule has 12 nitrogen and oxygen atoms in total. The maximum Gasteiger partial charge on any atom is 0.308 e. The molecule has 0 saturated carbocycles. The van der Waals surface area contributed by atoms with E-state index in [0.29, 0.717) is 5.69 Å². The molecule has 3 rings (SSSR count). The van der Waals surface area contributed by atoms with Gasteiger partial charge in [0.25, 0.3) is 23.4 Å². The Morgan fingerprint density at radius 1 is 0.778 bits per heavy atom. The van der Waals surface area contributed by atoms with Crippen molar-refractivity contribution >= 4 is 35.1 Å². The first-order chi connectivity index (χ1) is 17.2. The van der Waals surface area contributed by atoms with Gasteiger partial charge in [0, 0.05) is 41.4 Å². The van der Waals surface area contributed by atoms with Gasteiger partial charge >= 0.3 is 5.97 Å². The Kier molecular flexibility index (Phi) is 7.92. The average Bonchev–Trinajstić information content (AvgIpc) is 2.87. The number of hydrogen-bond donors (Lipinski definition) is 3. The third-order valence-corrected chi connectivity index (χ3v) is 4.69. The summed E-state index contributed by atoms with van der Waals surface area (Å²) in [6, 6.07) is 15.1. The van der Waals surface area contributed by atoms with E-state index < -0.39 is 28.6 Å². The molecule has 0 aromatic heterocycles. The fourth-order valence-corrected chi connectivity index (χ4v) is 2.98. The molecule has 0 aliphatic heterocycles. The molecule has 0 spiro atoms. The fourth-order valence-electron chi connectivity index (χ4n) is 2.98. The molecular weight excluding hydrogens is 472 g/mol. The SMILES string of the molecule is COc1cc(C(=O)NNC(=O)c2cccc(NC(=O)c3ccc([N+](=O)[O-])cc3)c2)ccc1OC(C)=O. The Morgan fingerprint density at radius 3 is 1.97 bits per heavy atom. The summed E-state index contributed by atoms with van der Waals surface area (Å²) in [6.45, 7) is 1.23. The maximum atomic E-state index is 12.5. The van der Waals surface area contributed by atoms with E-state index >= 15 is 0 Å². The number of hydrazine groups is 1. The number of esters is 1. The Labute approximate surface area is 204 Å². The molecule has 3 aromatic rings. The van der Waals surface area contributed by atoms with Gasteiger partial charge in [-0.15, -0.1) is 0 Å². The molecule has 0 saturated heterocycles. The van der Waals surface area contributed by atoms with Crippen LogP contribution in [0.15, 0.2) is 66.7 Å². The predicted octanol–water partition coefficient (Wildman–Crippen LogP) is 2.86. The second-order valence-corrected chi connectivity index (χ2v) is 7.21. The van der Waals surface area contributed by atoms with E-state index in [1.807, 2.05) is 0 Å². The molecule has 36 heavy (non-hydrogen) atoms. The number of hydrogen-bond acceptors (Lipinski definition) is 8. The van der Waals surface area contributed by atoms with Crippen LogP contribution in [-0.2, 0) is 4.79 Å². The zero-order valence-corrected chi connectivity index (χ0v) is 19.1. The minimum absolute atomic E-state index is 0.132. The smallest absolute Gasteiger partial charge is 0.308 e. The topological polar surface area (TPSA) is 166 Å². The average molecular weight is 492 g/mol. The Hall–Kier alpha value is -5.26. The summed E-state index contributed by atoms with van der Waals surface area (Å²) in [5.74, 6) is -2.10. The van der Waals surface area contributed by atoms with Crippen molar-refractivity contribution in [1.29, 1.82) is 0 Å². The van der Waals surface area contributed by atoms with Gasteiger partial charge in [0.2, 0.25) is 0 Å². The number of carbonyl (C=O) groups excluding carboxylic acids is 4.